The van der Waals surface area contributed by atoms with Crippen LogP contribution >= 0.6 is 0 Å². The highest BCUT2D eigenvalue weighted by molar-refractivity contribution is 5.87. The number of carboxylic acids is 1. The van der Waals surface area contributed by atoms with Crippen molar-refractivity contribution >= 4 is 5.97 Å². The zero-order valence-corrected chi connectivity index (χ0v) is 11.5. The summed E-state index contributed by atoms with van der Waals surface area (Å²) in [7, 11) is 0. The van der Waals surface area contributed by atoms with E-state index in [1.807, 2.05) is 0 Å². The van der Waals surface area contributed by atoms with Crippen molar-refractivity contribution in [2.75, 3.05) is 0 Å². The zero-order valence-electron chi connectivity index (χ0n) is 11.5. The summed E-state index contributed by atoms with van der Waals surface area (Å²) in [5, 5.41) is 17.2. The Balaban J connectivity index is 3.42. The molecule has 0 rings (SSSR count). The molecular formula is C15H25NO2. The van der Waals surface area contributed by atoms with E-state index in [9.17, 15) is 4.79 Å². The van der Waals surface area contributed by atoms with Gasteiger partial charge in [-0.1, -0.05) is 58.3 Å². The summed E-state index contributed by atoms with van der Waals surface area (Å²) in [6, 6.07) is 1.79. The standard InChI is InChI=1S/C15H25NO2/c1-2-3-4-5-6-7-8-9-10-11-14(12-13-16)15(17)18/h12H,2-11H2,1H3,(H,17,18). The summed E-state index contributed by atoms with van der Waals surface area (Å²) in [5.74, 6) is -0.962. The molecule has 0 aromatic heterocycles. The van der Waals surface area contributed by atoms with Crippen LogP contribution in [0.1, 0.15) is 71.1 Å². The Morgan fingerprint density at radius 2 is 1.56 bits per heavy atom. The number of hydrogen-bond donors (Lipinski definition) is 1. The van der Waals surface area contributed by atoms with Crippen molar-refractivity contribution in [3.8, 4) is 6.07 Å². The van der Waals surface area contributed by atoms with Crippen molar-refractivity contribution in [3.05, 3.63) is 11.6 Å². The molecule has 0 heterocycles. The summed E-state index contributed by atoms with van der Waals surface area (Å²) in [4.78, 5) is 10.7. The fraction of sp³-hybridized carbons (Fsp3) is 0.733. The van der Waals surface area contributed by atoms with Crippen molar-refractivity contribution in [3.63, 3.8) is 0 Å². The highest BCUT2D eigenvalue weighted by atomic mass is 16.4. The molecule has 3 heteroatoms. The Hall–Kier alpha value is -1.30. The molecule has 0 bridgehead atoms. The number of carbonyl (C=O) groups is 1. The zero-order chi connectivity index (χ0) is 13.6. The van der Waals surface area contributed by atoms with Gasteiger partial charge in [-0.2, -0.15) is 5.26 Å². The van der Waals surface area contributed by atoms with Crippen LogP contribution in [-0.2, 0) is 4.79 Å². The molecular weight excluding hydrogens is 226 g/mol. The third-order valence-electron chi connectivity index (χ3n) is 3.06. The summed E-state index contributed by atoms with van der Waals surface area (Å²) < 4.78 is 0. The number of nitriles is 1. The molecule has 0 aliphatic carbocycles. The van der Waals surface area contributed by atoms with Gasteiger partial charge in [-0.3, -0.25) is 0 Å². The van der Waals surface area contributed by atoms with Crippen molar-refractivity contribution in [2.24, 2.45) is 0 Å². The number of carboxylic acid groups (broad SMARTS) is 1. The molecule has 0 unspecified atom stereocenters. The number of unbranched alkanes of at least 4 members (excludes halogenated alkanes) is 8. The minimum Gasteiger partial charge on any atom is -0.478 e. The Bertz CT molecular complexity index is 289. The van der Waals surface area contributed by atoms with E-state index in [2.05, 4.69) is 6.92 Å². The molecule has 0 radical (unpaired) electrons. The Morgan fingerprint density at radius 1 is 1.06 bits per heavy atom. The molecule has 0 saturated heterocycles. The van der Waals surface area contributed by atoms with E-state index in [1.54, 1.807) is 6.07 Å². The van der Waals surface area contributed by atoms with Crippen molar-refractivity contribution in [1.82, 2.24) is 0 Å². The van der Waals surface area contributed by atoms with Crippen LogP contribution in [0.15, 0.2) is 11.6 Å². The van der Waals surface area contributed by atoms with Gasteiger partial charge in [0, 0.05) is 11.6 Å². The average Bonchev–Trinajstić information content (AvgIpc) is 2.35. The van der Waals surface area contributed by atoms with E-state index in [0.717, 1.165) is 18.9 Å². The van der Waals surface area contributed by atoms with Crippen LogP contribution in [0.5, 0.6) is 0 Å². The number of nitrogens with zero attached hydrogens (tertiary/aromatic N) is 1. The van der Waals surface area contributed by atoms with Gasteiger partial charge in [0.25, 0.3) is 0 Å². The van der Waals surface area contributed by atoms with Crippen LogP contribution in [0, 0.1) is 11.3 Å². The SMILES string of the molecule is CCCCCCCCCCCC(=CC#N)C(=O)O. The van der Waals surface area contributed by atoms with E-state index in [0.29, 0.717) is 6.42 Å². The van der Waals surface area contributed by atoms with Crippen LogP contribution in [0.25, 0.3) is 0 Å². The lowest BCUT2D eigenvalue weighted by molar-refractivity contribution is -0.132. The normalized spacial score (nSPS) is 11.2. The predicted octanol–water partition coefficient (Wildman–Crippen LogP) is 4.44. The maximum atomic E-state index is 10.7. The van der Waals surface area contributed by atoms with Gasteiger partial charge < -0.3 is 5.11 Å². The minimum atomic E-state index is -0.962. The Labute approximate surface area is 111 Å². The van der Waals surface area contributed by atoms with Gasteiger partial charge >= 0.3 is 5.97 Å². The second-order valence-corrected chi connectivity index (χ2v) is 4.68. The monoisotopic (exact) mass is 251 g/mol. The van der Waals surface area contributed by atoms with Crippen molar-refractivity contribution in [2.45, 2.75) is 71.1 Å². The molecule has 0 fully saturated rings. The maximum absolute atomic E-state index is 10.7. The van der Waals surface area contributed by atoms with Gasteiger partial charge in [-0.15, -0.1) is 0 Å². The van der Waals surface area contributed by atoms with Gasteiger partial charge in [0.2, 0.25) is 0 Å². The Morgan fingerprint density at radius 3 is 2.00 bits per heavy atom. The molecule has 3 nitrogen and oxygen atoms in total. The summed E-state index contributed by atoms with van der Waals surface area (Å²) >= 11 is 0. The molecule has 0 aliphatic rings. The van der Waals surface area contributed by atoms with E-state index in [4.69, 9.17) is 10.4 Å². The van der Waals surface area contributed by atoms with Gasteiger partial charge in [-0.05, 0) is 12.8 Å². The van der Waals surface area contributed by atoms with Gasteiger partial charge in [0.05, 0.1) is 6.07 Å². The van der Waals surface area contributed by atoms with Crippen molar-refractivity contribution in [1.29, 1.82) is 5.26 Å². The van der Waals surface area contributed by atoms with Gasteiger partial charge in [0.15, 0.2) is 0 Å². The molecule has 0 aromatic rings. The molecule has 18 heavy (non-hydrogen) atoms. The summed E-state index contributed by atoms with van der Waals surface area (Å²) in [5.41, 5.74) is 0.237. The third-order valence-corrected chi connectivity index (χ3v) is 3.06. The number of allylic oxidation sites excluding steroid dienone is 1. The second-order valence-electron chi connectivity index (χ2n) is 4.68. The topological polar surface area (TPSA) is 61.1 Å². The predicted molar refractivity (Wildman–Crippen MR) is 73.2 cm³/mol. The first-order valence-electron chi connectivity index (χ1n) is 7.04. The fourth-order valence-corrected chi connectivity index (χ4v) is 1.94. The molecule has 0 aromatic carbocycles. The smallest absolute Gasteiger partial charge is 0.332 e. The molecule has 102 valence electrons. The lowest BCUT2D eigenvalue weighted by Gasteiger charge is -2.02. The van der Waals surface area contributed by atoms with Gasteiger partial charge in [-0.25, -0.2) is 4.79 Å². The molecule has 0 amide bonds. The first kappa shape index (κ1) is 16.7. The van der Waals surface area contributed by atoms with Crippen LogP contribution in [-0.4, -0.2) is 11.1 Å². The quantitative estimate of drug-likeness (QED) is 0.335. The summed E-state index contributed by atoms with van der Waals surface area (Å²) in [6.07, 6.45) is 12.6. The second kappa shape index (κ2) is 12.2. The molecule has 0 atom stereocenters. The van der Waals surface area contributed by atoms with E-state index in [1.165, 1.54) is 44.9 Å². The van der Waals surface area contributed by atoms with Crippen LogP contribution in [0.2, 0.25) is 0 Å². The first-order chi connectivity index (χ1) is 8.72. The van der Waals surface area contributed by atoms with Gasteiger partial charge in [0.1, 0.15) is 0 Å². The lowest BCUT2D eigenvalue weighted by atomic mass is 10.0. The van der Waals surface area contributed by atoms with E-state index >= 15 is 0 Å². The Kier molecular flexibility index (Phi) is 11.3. The number of aliphatic carboxylic acids is 1. The largest absolute Gasteiger partial charge is 0.478 e. The fourth-order valence-electron chi connectivity index (χ4n) is 1.94. The first-order valence-corrected chi connectivity index (χ1v) is 7.04. The summed E-state index contributed by atoms with van der Waals surface area (Å²) in [6.45, 7) is 2.22. The highest BCUT2D eigenvalue weighted by Gasteiger charge is 2.05. The number of hydrogen-bond acceptors (Lipinski definition) is 2. The highest BCUT2D eigenvalue weighted by Crippen LogP contribution is 2.13. The van der Waals surface area contributed by atoms with Crippen LogP contribution in [0.3, 0.4) is 0 Å². The third kappa shape index (κ3) is 9.89. The van der Waals surface area contributed by atoms with Crippen LogP contribution in [0.4, 0.5) is 0 Å². The molecule has 0 aliphatic heterocycles. The maximum Gasteiger partial charge on any atom is 0.332 e. The molecule has 0 saturated carbocycles. The van der Waals surface area contributed by atoms with Crippen LogP contribution < -0.4 is 0 Å². The number of rotatable bonds is 11. The van der Waals surface area contributed by atoms with E-state index < -0.39 is 5.97 Å². The average molecular weight is 251 g/mol. The van der Waals surface area contributed by atoms with Crippen molar-refractivity contribution < 1.29 is 9.90 Å². The molecule has 1 N–H and O–H groups in total. The molecule has 0 spiro atoms. The lowest BCUT2D eigenvalue weighted by Crippen LogP contribution is -2.00. The minimum absolute atomic E-state index is 0.237. The van der Waals surface area contributed by atoms with E-state index in [-0.39, 0.29) is 5.57 Å².